The zero-order valence-corrected chi connectivity index (χ0v) is 17.2. The molecule has 1 N–H and O–H groups in total. The van der Waals surface area contributed by atoms with Crippen LogP contribution in [-0.4, -0.2) is 43.0 Å². The fourth-order valence-corrected chi connectivity index (χ4v) is 4.59. The number of benzene rings is 1. The highest BCUT2D eigenvalue weighted by Crippen LogP contribution is 2.23. The fraction of sp³-hybridized carbons (Fsp3) is 0.300. The Kier molecular flexibility index (Phi) is 6.88. The minimum absolute atomic E-state index is 0.0874. The SMILES string of the molecule is CSc1ccc(NC(=O)C2CCN(S(=O)(=O)/C=C/c3ccccc3)CC2)cn1. The van der Waals surface area contributed by atoms with Gasteiger partial charge in [0, 0.05) is 24.4 Å². The summed E-state index contributed by atoms with van der Waals surface area (Å²) in [7, 11) is -3.49. The molecule has 6 nitrogen and oxygen atoms in total. The highest BCUT2D eigenvalue weighted by Gasteiger charge is 2.30. The van der Waals surface area contributed by atoms with E-state index in [0.29, 0.717) is 31.6 Å². The molecule has 2 aromatic rings. The van der Waals surface area contributed by atoms with Crippen molar-refractivity contribution in [1.29, 1.82) is 0 Å². The fourth-order valence-electron chi connectivity index (χ4n) is 3.01. The van der Waals surface area contributed by atoms with E-state index < -0.39 is 10.0 Å². The molecule has 148 valence electrons. The second-order valence-electron chi connectivity index (χ2n) is 6.51. The number of carbonyl (C=O) groups excluding carboxylic acids is 1. The van der Waals surface area contributed by atoms with Crippen LogP contribution in [0.1, 0.15) is 18.4 Å². The molecule has 2 heterocycles. The molecule has 0 aliphatic carbocycles. The van der Waals surface area contributed by atoms with Crippen LogP contribution in [0.5, 0.6) is 0 Å². The van der Waals surface area contributed by atoms with E-state index in [9.17, 15) is 13.2 Å². The van der Waals surface area contributed by atoms with Crippen molar-refractivity contribution >= 4 is 39.5 Å². The lowest BCUT2D eigenvalue weighted by Gasteiger charge is -2.29. The molecule has 0 radical (unpaired) electrons. The number of sulfonamides is 1. The quantitative estimate of drug-likeness (QED) is 0.728. The van der Waals surface area contributed by atoms with Crippen molar-refractivity contribution in [2.75, 3.05) is 24.7 Å². The molecule has 0 saturated carbocycles. The van der Waals surface area contributed by atoms with E-state index in [2.05, 4.69) is 10.3 Å². The first-order valence-corrected chi connectivity index (χ1v) is 11.7. The summed E-state index contributed by atoms with van der Waals surface area (Å²) in [6.07, 6.45) is 6.18. The molecule has 1 fully saturated rings. The number of hydrogen-bond donors (Lipinski definition) is 1. The Bertz CT molecular complexity index is 921. The van der Waals surface area contributed by atoms with Gasteiger partial charge in [0.25, 0.3) is 0 Å². The molecule has 28 heavy (non-hydrogen) atoms. The number of amides is 1. The lowest BCUT2D eigenvalue weighted by atomic mass is 9.97. The van der Waals surface area contributed by atoms with Crippen molar-refractivity contribution in [2.45, 2.75) is 17.9 Å². The zero-order chi connectivity index (χ0) is 20.0. The summed E-state index contributed by atoms with van der Waals surface area (Å²) in [6, 6.07) is 13.0. The van der Waals surface area contributed by atoms with E-state index >= 15 is 0 Å². The number of hydrogen-bond acceptors (Lipinski definition) is 5. The van der Waals surface area contributed by atoms with Crippen LogP contribution in [0, 0.1) is 5.92 Å². The van der Waals surface area contributed by atoms with Crippen LogP contribution in [0.2, 0.25) is 0 Å². The Hall–Kier alpha value is -2.16. The van der Waals surface area contributed by atoms with Gasteiger partial charge < -0.3 is 5.32 Å². The van der Waals surface area contributed by atoms with Crippen LogP contribution in [0.3, 0.4) is 0 Å². The molecule has 1 aliphatic heterocycles. The van der Waals surface area contributed by atoms with E-state index in [1.807, 2.05) is 48.7 Å². The van der Waals surface area contributed by atoms with Crippen molar-refractivity contribution in [2.24, 2.45) is 5.92 Å². The summed E-state index contributed by atoms with van der Waals surface area (Å²) in [6.45, 7) is 0.673. The van der Waals surface area contributed by atoms with Gasteiger partial charge in [0.1, 0.15) is 0 Å². The molecule has 0 bridgehead atoms. The molecule has 1 aromatic carbocycles. The third-order valence-electron chi connectivity index (χ3n) is 4.63. The first-order chi connectivity index (χ1) is 13.5. The molecular formula is C20H23N3O3S2. The number of anilines is 1. The minimum Gasteiger partial charge on any atom is -0.324 e. The van der Waals surface area contributed by atoms with Crippen molar-refractivity contribution in [3.63, 3.8) is 0 Å². The maximum atomic E-state index is 12.5. The average molecular weight is 418 g/mol. The summed E-state index contributed by atoms with van der Waals surface area (Å²) in [5.74, 6) is -0.291. The summed E-state index contributed by atoms with van der Waals surface area (Å²) < 4.78 is 26.5. The third-order valence-corrected chi connectivity index (χ3v) is 6.85. The Labute approximate surface area is 170 Å². The lowest BCUT2D eigenvalue weighted by molar-refractivity contribution is -0.120. The number of rotatable bonds is 6. The van der Waals surface area contributed by atoms with Gasteiger partial charge in [-0.2, -0.15) is 4.31 Å². The van der Waals surface area contributed by atoms with Crippen molar-refractivity contribution in [3.05, 3.63) is 59.6 Å². The first-order valence-electron chi connectivity index (χ1n) is 9.02. The maximum Gasteiger partial charge on any atom is 0.236 e. The van der Waals surface area contributed by atoms with Gasteiger partial charge in [-0.15, -0.1) is 11.8 Å². The number of thioether (sulfide) groups is 1. The number of nitrogens with one attached hydrogen (secondary N) is 1. The number of carbonyl (C=O) groups is 1. The Morgan fingerprint density at radius 2 is 1.89 bits per heavy atom. The standard InChI is InChI=1S/C20H23N3O3S2/c1-27-19-8-7-18(15-21-19)22-20(24)17-9-12-23(13-10-17)28(25,26)14-11-16-5-3-2-4-6-16/h2-8,11,14-15,17H,9-10,12-13H2,1H3,(H,22,24)/b14-11+. The average Bonchev–Trinajstić information content (AvgIpc) is 2.74. The largest absolute Gasteiger partial charge is 0.324 e. The van der Waals surface area contributed by atoms with Gasteiger partial charge in [-0.1, -0.05) is 30.3 Å². The number of piperidine rings is 1. The van der Waals surface area contributed by atoms with Crippen molar-refractivity contribution in [1.82, 2.24) is 9.29 Å². The number of nitrogens with zero attached hydrogens (tertiary/aromatic N) is 2. The predicted octanol–water partition coefficient (Wildman–Crippen LogP) is 3.45. The molecule has 1 aromatic heterocycles. The minimum atomic E-state index is -3.49. The normalized spacial score (nSPS) is 16.3. The molecule has 0 unspecified atom stereocenters. The molecule has 0 atom stereocenters. The van der Waals surface area contributed by atoms with Crippen LogP contribution >= 0.6 is 11.8 Å². The van der Waals surface area contributed by atoms with Gasteiger partial charge in [0.05, 0.1) is 16.9 Å². The van der Waals surface area contributed by atoms with E-state index in [1.165, 1.54) is 21.5 Å². The molecule has 1 aliphatic rings. The van der Waals surface area contributed by atoms with Crippen LogP contribution in [-0.2, 0) is 14.8 Å². The molecule has 8 heteroatoms. The van der Waals surface area contributed by atoms with Crippen LogP contribution < -0.4 is 5.32 Å². The van der Waals surface area contributed by atoms with Gasteiger partial charge >= 0.3 is 0 Å². The Balaban J connectivity index is 1.54. The molecule has 1 saturated heterocycles. The van der Waals surface area contributed by atoms with Crippen LogP contribution in [0.25, 0.3) is 6.08 Å². The number of pyridine rings is 1. The zero-order valence-electron chi connectivity index (χ0n) is 15.6. The highest BCUT2D eigenvalue weighted by atomic mass is 32.2. The summed E-state index contributed by atoms with van der Waals surface area (Å²) in [4.78, 5) is 16.7. The van der Waals surface area contributed by atoms with Gasteiger partial charge in [0.15, 0.2) is 0 Å². The van der Waals surface area contributed by atoms with Gasteiger partial charge in [-0.25, -0.2) is 13.4 Å². The first kappa shape index (κ1) is 20.6. The van der Waals surface area contributed by atoms with Gasteiger partial charge in [-0.05, 0) is 42.9 Å². The highest BCUT2D eigenvalue weighted by molar-refractivity contribution is 7.98. The van der Waals surface area contributed by atoms with Crippen LogP contribution in [0.15, 0.2) is 59.1 Å². The predicted molar refractivity (Wildman–Crippen MR) is 113 cm³/mol. The smallest absolute Gasteiger partial charge is 0.236 e. The lowest BCUT2D eigenvalue weighted by Crippen LogP contribution is -2.40. The molecule has 0 spiro atoms. The summed E-state index contributed by atoms with van der Waals surface area (Å²) >= 11 is 1.54. The second kappa shape index (κ2) is 9.36. The molecule has 3 rings (SSSR count). The maximum absolute atomic E-state index is 12.5. The van der Waals surface area contributed by atoms with E-state index in [4.69, 9.17) is 0 Å². The van der Waals surface area contributed by atoms with E-state index in [0.717, 1.165) is 10.6 Å². The van der Waals surface area contributed by atoms with E-state index in [1.54, 1.807) is 12.3 Å². The Morgan fingerprint density at radius 3 is 2.50 bits per heavy atom. The summed E-state index contributed by atoms with van der Waals surface area (Å²) in [5, 5.41) is 5.00. The van der Waals surface area contributed by atoms with E-state index in [-0.39, 0.29) is 11.8 Å². The van der Waals surface area contributed by atoms with Crippen LogP contribution in [0.4, 0.5) is 5.69 Å². The van der Waals surface area contributed by atoms with Gasteiger partial charge in [0.2, 0.25) is 15.9 Å². The molecular weight excluding hydrogens is 394 g/mol. The van der Waals surface area contributed by atoms with Gasteiger partial charge in [-0.3, -0.25) is 4.79 Å². The third kappa shape index (κ3) is 5.43. The number of aromatic nitrogens is 1. The second-order valence-corrected chi connectivity index (χ2v) is 9.16. The topological polar surface area (TPSA) is 79.4 Å². The Morgan fingerprint density at radius 1 is 1.18 bits per heavy atom. The van der Waals surface area contributed by atoms with Crippen molar-refractivity contribution in [3.8, 4) is 0 Å². The monoisotopic (exact) mass is 417 g/mol. The molecule has 1 amide bonds. The summed E-state index contributed by atoms with van der Waals surface area (Å²) in [5.41, 5.74) is 1.49. The van der Waals surface area contributed by atoms with Crippen molar-refractivity contribution < 1.29 is 13.2 Å².